The van der Waals surface area contributed by atoms with Gasteiger partial charge in [0.05, 0.1) is 6.04 Å². The van der Waals surface area contributed by atoms with E-state index in [0.717, 1.165) is 32.4 Å². The average molecular weight is 259 g/mol. The van der Waals surface area contributed by atoms with E-state index in [1.165, 1.54) is 6.07 Å². The highest BCUT2D eigenvalue weighted by Gasteiger charge is 2.39. The smallest absolute Gasteiger partial charge is 0.157 e. The van der Waals surface area contributed by atoms with Crippen LogP contribution in [0, 0.1) is 11.7 Å². The van der Waals surface area contributed by atoms with Gasteiger partial charge in [0.25, 0.3) is 0 Å². The number of carbonyl (C=O) groups is 1. The Hall–Kier alpha value is -1.48. The molecule has 2 nitrogen and oxygen atoms in total. The lowest BCUT2D eigenvalue weighted by Crippen LogP contribution is -2.37. The second-order valence-corrected chi connectivity index (χ2v) is 5.36. The maximum Gasteiger partial charge on any atom is 0.157 e. The van der Waals surface area contributed by atoms with Crippen molar-refractivity contribution in [2.24, 2.45) is 5.92 Å². The van der Waals surface area contributed by atoms with E-state index < -0.39 is 6.04 Å². The summed E-state index contributed by atoms with van der Waals surface area (Å²) in [7, 11) is 0. The first-order chi connectivity index (χ1) is 9.27. The van der Waals surface area contributed by atoms with Crippen LogP contribution in [0.5, 0.6) is 0 Å². The first-order valence-electron chi connectivity index (χ1n) is 6.94. The molecular formula is C16H18FNO. The zero-order chi connectivity index (χ0) is 13.2. The van der Waals surface area contributed by atoms with Crippen molar-refractivity contribution in [3.05, 3.63) is 47.8 Å². The molecule has 0 spiro atoms. The molecule has 0 bridgehead atoms. The van der Waals surface area contributed by atoms with Crippen LogP contribution in [0.4, 0.5) is 4.39 Å². The molecule has 0 amide bonds. The van der Waals surface area contributed by atoms with Crippen molar-refractivity contribution in [2.45, 2.75) is 25.3 Å². The summed E-state index contributed by atoms with van der Waals surface area (Å²) in [6.07, 6.45) is 7.05. The summed E-state index contributed by atoms with van der Waals surface area (Å²) >= 11 is 0. The second kappa shape index (κ2) is 5.25. The number of nitrogens with zero attached hydrogens (tertiary/aromatic N) is 1. The van der Waals surface area contributed by atoms with E-state index in [0.29, 0.717) is 5.56 Å². The highest BCUT2D eigenvalue weighted by atomic mass is 19.1. The van der Waals surface area contributed by atoms with Crippen LogP contribution in [-0.2, 0) is 4.79 Å². The fourth-order valence-corrected chi connectivity index (χ4v) is 2.71. The van der Waals surface area contributed by atoms with Crippen LogP contribution < -0.4 is 0 Å². The molecule has 1 aliphatic heterocycles. The molecule has 3 rings (SSSR count). The third-order valence-electron chi connectivity index (χ3n) is 3.90. The number of halogens is 1. The van der Waals surface area contributed by atoms with Crippen LogP contribution in [0.15, 0.2) is 36.4 Å². The van der Waals surface area contributed by atoms with Crippen molar-refractivity contribution in [2.75, 3.05) is 13.1 Å². The predicted molar refractivity (Wildman–Crippen MR) is 72.2 cm³/mol. The van der Waals surface area contributed by atoms with Gasteiger partial charge in [-0.25, -0.2) is 4.39 Å². The summed E-state index contributed by atoms with van der Waals surface area (Å²) in [4.78, 5) is 14.6. The Morgan fingerprint density at radius 2 is 2.05 bits per heavy atom. The molecule has 1 aromatic rings. The summed E-state index contributed by atoms with van der Waals surface area (Å²) in [5, 5.41) is 0. The summed E-state index contributed by atoms with van der Waals surface area (Å²) in [6, 6.07) is 6.28. The Morgan fingerprint density at radius 3 is 2.68 bits per heavy atom. The topological polar surface area (TPSA) is 20.3 Å². The quantitative estimate of drug-likeness (QED) is 0.774. The van der Waals surface area contributed by atoms with Crippen LogP contribution >= 0.6 is 0 Å². The zero-order valence-electron chi connectivity index (χ0n) is 10.9. The van der Waals surface area contributed by atoms with Gasteiger partial charge < -0.3 is 0 Å². The van der Waals surface area contributed by atoms with E-state index in [1.807, 2.05) is 6.07 Å². The number of carbonyl (C=O) groups excluding carboxylic acids is 1. The number of Topliss-reactive ketones (excluding diaryl/α,β-unsaturated/α-hetero) is 1. The Kier molecular flexibility index (Phi) is 3.47. The van der Waals surface area contributed by atoms with Crippen LogP contribution in [-0.4, -0.2) is 23.8 Å². The maximum absolute atomic E-state index is 14.0. The summed E-state index contributed by atoms with van der Waals surface area (Å²) in [5.41, 5.74) is 0.537. The first-order valence-corrected chi connectivity index (χ1v) is 6.94. The zero-order valence-corrected chi connectivity index (χ0v) is 10.9. The number of rotatable bonds is 4. The first kappa shape index (κ1) is 12.5. The molecule has 1 aromatic carbocycles. The van der Waals surface area contributed by atoms with Gasteiger partial charge in [0.2, 0.25) is 0 Å². The molecule has 0 N–H and O–H groups in total. The molecule has 1 fully saturated rings. The SMILES string of the molecule is O=C(C1CC1)C(c1ccccc1F)N1CC=CCC1. The van der Waals surface area contributed by atoms with Gasteiger partial charge in [0.1, 0.15) is 5.82 Å². The highest BCUT2D eigenvalue weighted by molar-refractivity contribution is 5.89. The third-order valence-corrected chi connectivity index (χ3v) is 3.90. The average Bonchev–Trinajstić information content (AvgIpc) is 3.27. The van der Waals surface area contributed by atoms with Crippen molar-refractivity contribution < 1.29 is 9.18 Å². The van der Waals surface area contributed by atoms with E-state index in [2.05, 4.69) is 17.1 Å². The molecule has 3 heteroatoms. The van der Waals surface area contributed by atoms with E-state index in [9.17, 15) is 9.18 Å². The number of ketones is 1. The number of hydrogen-bond acceptors (Lipinski definition) is 2. The van der Waals surface area contributed by atoms with E-state index >= 15 is 0 Å². The molecule has 0 radical (unpaired) electrons. The van der Waals surface area contributed by atoms with Crippen LogP contribution in [0.1, 0.15) is 30.9 Å². The lowest BCUT2D eigenvalue weighted by Gasteiger charge is -2.32. The number of hydrogen-bond donors (Lipinski definition) is 0. The molecule has 1 atom stereocenters. The van der Waals surface area contributed by atoms with Gasteiger partial charge in [-0.3, -0.25) is 9.69 Å². The lowest BCUT2D eigenvalue weighted by molar-refractivity contribution is -0.125. The third kappa shape index (κ3) is 2.61. The van der Waals surface area contributed by atoms with Crippen molar-refractivity contribution in [1.82, 2.24) is 4.90 Å². The standard InChI is InChI=1S/C16H18FNO/c17-14-7-3-2-6-13(14)15(16(19)12-8-9-12)18-10-4-1-5-11-18/h1-4,6-7,12,15H,5,8-11H2. The highest BCUT2D eigenvalue weighted by Crippen LogP contribution is 2.38. The van der Waals surface area contributed by atoms with E-state index in [-0.39, 0.29) is 17.5 Å². The second-order valence-electron chi connectivity index (χ2n) is 5.36. The molecule has 2 aliphatic rings. The molecule has 1 unspecified atom stereocenters. The summed E-state index contributed by atoms with van der Waals surface area (Å²) in [5.74, 6) is 0.0759. The minimum atomic E-state index is -0.404. The van der Waals surface area contributed by atoms with Crippen molar-refractivity contribution in [3.63, 3.8) is 0 Å². The van der Waals surface area contributed by atoms with Gasteiger partial charge >= 0.3 is 0 Å². The Morgan fingerprint density at radius 1 is 1.26 bits per heavy atom. The molecule has 1 saturated carbocycles. The van der Waals surface area contributed by atoms with Crippen molar-refractivity contribution in [3.8, 4) is 0 Å². The fraction of sp³-hybridized carbons (Fsp3) is 0.438. The predicted octanol–water partition coefficient (Wildman–Crippen LogP) is 3.11. The fourth-order valence-electron chi connectivity index (χ4n) is 2.71. The van der Waals surface area contributed by atoms with Crippen LogP contribution in [0.2, 0.25) is 0 Å². The molecule has 19 heavy (non-hydrogen) atoms. The van der Waals surface area contributed by atoms with E-state index in [1.54, 1.807) is 12.1 Å². The molecule has 1 heterocycles. The van der Waals surface area contributed by atoms with Gasteiger partial charge in [-0.05, 0) is 25.3 Å². The van der Waals surface area contributed by atoms with Crippen LogP contribution in [0.3, 0.4) is 0 Å². The summed E-state index contributed by atoms with van der Waals surface area (Å²) < 4.78 is 14.0. The summed E-state index contributed by atoms with van der Waals surface area (Å²) in [6.45, 7) is 1.56. The van der Waals surface area contributed by atoms with Gasteiger partial charge in [0.15, 0.2) is 5.78 Å². The Bertz CT molecular complexity index is 507. The largest absolute Gasteiger partial charge is 0.297 e. The van der Waals surface area contributed by atoms with Gasteiger partial charge in [0, 0.05) is 24.6 Å². The van der Waals surface area contributed by atoms with Crippen LogP contribution in [0.25, 0.3) is 0 Å². The Balaban J connectivity index is 1.93. The van der Waals surface area contributed by atoms with Gasteiger partial charge in [-0.15, -0.1) is 0 Å². The molecule has 0 aromatic heterocycles. The molecule has 100 valence electrons. The Labute approximate surface area is 112 Å². The normalized spacial score (nSPS) is 21.3. The molecular weight excluding hydrogens is 241 g/mol. The minimum absolute atomic E-state index is 0.149. The molecule has 0 saturated heterocycles. The lowest BCUT2D eigenvalue weighted by atomic mass is 9.96. The molecule has 1 aliphatic carbocycles. The number of benzene rings is 1. The maximum atomic E-state index is 14.0. The van der Waals surface area contributed by atoms with Crippen molar-refractivity contribution >= 4 is 5.78 Å². The van der Waals surface area contributed by atoms with Crippen molar-refractivity contribution in [1.29, 1.82) is 0 Å². The monoisotopic (exact) mass is 259 g/mol. The minimum Gasteiger partial charge on any atom is -0.297 e. The van der Waals surface area contributed by atoms with Gasteiger partial charge in [-0.2, -0.15) is 0 Å². The van der Waals surface area contributed by atoms with Gasteiger partial charge in [-0.1, -0.05) is 30.4 Å². The van der Waals surface area contributed by atoms with E-state index in [4.69, 9.17) is 0 Å².